The maximum atomic E-state index is 12.8. The minimum Gasteiger partial charge on any atom is -0.484 e. The Morgan fingerprint density at radius 1 is 1.04 bits per heavy atom. The molecule has 0 radical (unpaired) electrons. The first-order valence-corrected chi connectivity index (χ1v) is 7.26. The van der Waals surface area contributed by atoms with Crippen molar-refractivity contribution in [1.82, 2.24) is 5.32 Å². The standard InChI is InChI=1S/C17H15F4NO3/c1-11(12-2-6-15(7-3-12)25-17(19,20)21)22-16(23)10-24-14-8-4-13(18)5-9-14/h2-9,11H,10H2,1H3,(H,22,23). The second kappa shape index (κ2) is 7.87. The third-order valence-corrected chi connectivity index (χ3v) is 3.17. The Balaban J connectivity index is 1.84. The molecule has 2 rings (SSSR count). The number of ether oxygens (including phenoxy) is 2. The van der Waals surface area contributed by atoms with Crippen molar-refractivity contribution in [2.45, 2.75) is 19.3 Å². The van der Waals surface area contributed by atoms with Gasteiger partial charge >= 0.3 is 6.36 Å². The second-order valence-electron chi connectivity index (χ2n) is 5.15. The van der Waals surface area contributed by atoms with Gasteiger partial charge < -0.3 is 14.8 Å². The summed E-state index contributed by atoms with van der Waals surface area (Å²) in [6.45, 7) is 1.40. The van der Waals surface area contributed by atoms with Crippen LogP contribution in [0.25, 0.3) is 0 Å². The molecular weight excluding hydrogens is 342 g/mol. The van der Waals surface area contributed by atoms with Gasteiger partial charge in [-0.2, -0.15) is 0 Å². The quantitative estimate of drug-likeness (QED) is 0.796. The highest BCUT2D eigenvalue weighted by Crippen LogP contribution is 2.24. The van der Waals surface area contributed by atoms with E-state index in [2.05, 4.69) is 10.1 Å². The predicted octanol–water partition coefficient (Wildman–Crippen LogP) is 3.98. The highest BCUT2D eigenvalue weighted by atomic mass is 19.4. The Kier molecular flexibility index (Phi) is 5.84. The lowest BCUT2D eigenvalue weighted by Gasteiger charge is -2.15. The van der Waals surface area contributed by atoms with Crippen molar-refractivity contribution in [3.8, 4) is 11.5 Å². The monoisotopic (exact) mass is 357 g/mol. The van der Waals surface area contributed by atoms with Crippen molar-refractivity contribution in [2.75, 3.05) is 6.61 Å². The van der Waals surface area contributed by atoms with Crippen LogP contribution in [0.3, 0.4) is 0 Å². The molecule has 0 aromatic heterocycles. The largest absolute Gasteiger partial charge is 0.573 e. The fourth-order valence-electron chi connectivity index (χ4n) is 2.00. The van der Waals surface area contributed by atoms with Crippen molar-refractivity contribution in [3.05, 3.63) is 59.9 Å². The zero-order valence-corrected chi connectivity index (χ0v) is 13.1. The fraction of sp³-hybridized carbons (Fsp3) is 0.235. The number of halogens is 4. The molecule has 0 spiro atoms. The van der Waals surface area contributed by atoms with E-state index < -0.39 is 24.1 Å². The maximum Gasteiger partial charge on any atom is 0.573 e. The molecule has 0 fully saturated rings. The summed E-state index contributed by atoms with van der Waals surface area (Å²) in [5.74, 6) is -0.830. The van der Waals surface area contributed by atoms with Gasteiger partial charge in [-0.05, 0) is 48.9 Å². The van der Waals surface area contributed by atoms with Crippen molar-refractivity contribution in [1.29, 1.82) is 0 Å². The Morgan fingerprint density at radius 2 is 1.60 bits per heavy atom. The van der Waals surface area contributed by atoms with Crippen LogP contribution >= 0.6 is 0 Å². The topological polar surface area (TPSA) is 47.6 Å². The molecule has 4 nitrogen and oxygen atoms in total. The lowest BCUT2D eigenvalue weighted by Crippen LogP contribution is -2.31. The van der Waals surface area contributed by atoms with Gasteiger partial charge in [0.15, 0.2) is 6.61 Å². The number of rotatable bonds is 6. The van der Waals surface area contributed by atoms with Crippen LogP contribution in [0.2, 0.25) is 0 Å². The van der Waals surface area contributed by atoms with Crippen molar-refractivity contribution >= 4 is 5.91 Å². The van der Waals surface area contributed by atoms with Crippen LogP contribution < -0.4 is 14.8 Å². The molecule has 1 N–H and O–H groups in total. The van der Waals surface area contributed by atoms with E-state index in [-0.39, 0.29) is 12.4 Å². The number of hydrogen-bond donors (Lipinski definition) is 1. The Bertz CT molecular complexity index is 699. The summed E-state index contributed by atoms with van der Waals surface area (Å²) in [6, 6.07) is 9.95. The van der Waals surface area contributed by atoms with Crippen molar-refractivity contribution in [3.63, 3.8) is 0 Å². The molecule has 0 heterocycles. The first kappa shape index (κ1) is 18.6. The highest BCUT2D eigenvalue weighted by molar-refractivity contribution is 5.78. The van der Waals surface area contributed by atoms with Gasteiger partial charge in [0, 0.05) is 0 Å². The van der Waals surface area contributed by atoms with Crippen LogP contribution in [-0.4, -0.2) is 18.9 Å². The number of amides is 1. The molecule has 0 saturated carbocycles. The zero-order valence-electron chi connectivity index (χ0n) is 13.1. The average Bonchev–Trinajstić information content (AvgIpc) is 2.53. The number of benzene rings is 2. The minimum absolute atomic E-state index is 0.273. The summed E-state index contributed by atoms with van der Waals surface area (Å²) in [6.07, 6.45) is -4.75. The third kappa shape index (κ3) is 6.33. The van der Waals surface area contributed by atoms with Crippen molar-refractivity contribution in [2.24, 2.45) is 0 Å². The lowest BCUT2D eigenvalue weighted by molar-refractivity contribution is -0.274. The van der Waals surface area contributed by atoms with Crippen molar-refractivity contribution < 1.29 is 31.8 Å². The number of carbonyl (C=O) groups excluding carboxylic acids is 1. The minimum atomic E-state index is -4.75. The van der Waals surface area contributed by atoms with Gasteiger partial charge in [-0.25, -0.2) is 4.39 Å². The number of carbonyl (C=O) groups is 1. The molecule has 0 aliphatic carbocycles. The Morgan fingerprint density at radius 3 is 2.16 bits per heavy atom. The number of nitrogens with one attached hydrogen (secondary N) is 1. The molecule has 1 amide bonds. The SMILES string of the molecule is CC(NC(=O)COc1ccc(F)cc1)c1ccc(OC(F)(F)F)cc1. The van der Waals surface area contributed by atoms with Gasteiger partial charge in [0.25, 0.3) is 5.91 Å². The maximum absolute atomic E-state index is 12.8. The molecule has 8 heteroatoms. The summed E-state index contributed by atoms with van der Waals surface area (Å²) in [4.78, 5) is 11.8. The molecule has 1 atom stereocenters. The third-order valence-electron chi connectivity index (χ3n) is 3.17. The summed E-state index contributed by atoms with van der Waals surface area (Å²) in [7, 11) is 0. The van der Waals surface area contributed by atoms with Gasteiger partial charge in [-0.1, -0.05) is 12.1 Å². The van der Waals surface area contributed by atoms with Crippen LogP contribution in [-0.2, 0) is 4.79 Å². The number of alkyl halides is 3. The summed E-state index contributed by atoms with van der Waals surface area (Å²) < 4.78 is 58.1. The van der Waals surface area contributed by atoms with Gasteiger partial charge in [0.05, 0.1) is 6.04 Å². The van der Waals surface area contributed by atoms with E-state index in [9.17, 15) is 22.4 Å². The summed E-state index contributed by atoms with van der Waals surface area (Å²) >= 11 is 0. The molecule has 0 aliphatic rings. The summed E-state index contributed by atoms with van der Waals surface area (Å²) in [5, 5.41) is 2.64. The van der Waals surface area contributed by atoms with Gasteiger partial charge in [-0.3, -0.25) is 4.79 Å². The van der Waals surface area contributed by atoms with E-state index in [1.807, 2.05) is 0 Å². The molecule has 0 aliphatic heterocycles. The average molecular weight is 357 g/mol. The van der Waals surface area contributed by atoms with Crippen LogP contribution in [0.1, 0.15) is 18.5 Å². The Labute approximate surface area is 141 Å². The fourth-order valence-corrected chi connectivity index (χ4v) is 2.00. The molecule has 134 valence electrons. The Hall–Kier alpha value is -2.77. The molecule has 2 aromatic carbocycles. The van der Waals surface area contributed by atoms with E-state index in [4.69, 9.17) is 4.74 Å². The normalized spacial score (nSPS) is 12.4. The lowest BCUT2D eigenvalue weighted by atomic mass is 10.1. The molecular formula is C17H15F4NO3. The van der Waals surface area contributed by atoms with Crippen LogP contribution in [0.5, 0.6) is 11.5 Å². The molecule has 1 unspecified atom stereocenters. The van der Waals surface area contributed by atoms with E-state index in [0.717, 1.165) is 0 Å². The van der Waals surface area contributed by atoms with Crippen LogP contribution in [0.4, 0.5) is 17.6 Å². The molecule has 25 heavy (non-hydrogen) atoms. The molecule has 0 saturated heterocycles. The van der Waals surface area contributed by atoms with Gasteiger partial charge in [-0.15, -0.1) is 13.2 Å². The van der Waals surface area contributed by atoms with E-state index in [0.29, 0.717) is 11.3 Å². The van der Waals surface area contributed by atoms with E-state index in [1.54, 1.807) is 6.92 Å². The van der Waals surface area contributed by atoms with Crippen LogP contribution in [0, 0.1) is 5.82 Å². The van der Waals surface area contributed by atoms with Gasteiger partial charge in [0.1, 0.15) is 17.3 Å². The second-order valence-corrected chi connectivity index (χ2v) is 5.15. The van der Waals surface area contributed by atoms with Gasteiger partial charge in [0.2, 0.25) is 0 Å². The zero-order chi connectivity index (χ0) is 18.4. The van der Waals surface area contributed by atoms with Crippen LogP contribution in [0.15, 0.2) is 48.5 Å². The first-order chi connectivity index (χ1) is 11.7. The molecule has 0 bridgehead atoms. The number of hydrogen-bond acceptors (Lipinski definition) is 3. The highest BCUT2D eigenvalue weighted by Gasteiger charge is 2.31. The van der Waals surface area contributed by atoms with E-state index in [1.165, 1.54) is 48.5 Å². The molecule has 2 aromatic rings. The predicted molar refractivity (Wildman–Crippen MR) is 81.6 cm³/mol. The van der Waals surface area contributed by atoms with E-state index >= 15 is 0 Å². The first-order valence-electron chi connectivity index (χ1n) is 7.26. The summed E-state index contributed by atoms with van der Waals surface area (Å²) in [5.41, 5.74) is 0.602. The smallest absolute Gasteiger partial charge is 0.484 e.